The molecule has 4 aromatic rings. The van der Waals surface area contributed by atoms with Crippen LogP contribution in [0.3, 0.4) is 0 Å². The van der Waals surface area contributed by atoms with Gasteiger partial charge in [-0.05, 0) is 29.9 Å². The van der Waals surface area contributed by atoms with E-state index in [0.717, 1.165) is 43.3 Å². The second-order valence-corrected chi connectivity index (χ2v) is 9.18. The monoisotopic (exact) mass is 434 g/mol. The van der Waals surface area contributed by atoms with Crippen molar-refractivity contribution >= 4 is 28.4 Å². The SMILES string of the molecule is Cn1c(Cc2cccs2)nc2nc(N3CCCC(N)C3)n(Cc3ccccc3)c2c1=O. The quantitative estimate of drug-likeness (QED) is 0.522. The van der Waals surface area contributed by atoms with E-state index in [1.54, 1.807) is 23.0 Å². The van der Waals surface area contributed by atoms with Gasteiger partial charge in [0.25, 0.3) is 5.56 Å². The fourth-order valence-corrected chi connectivity index (χ4v) is 4.97. The summed E-state index contributed by atoms with van der Waals surface area (Å²) in [4.78, 5) is 26.5. The topological polar surface area (TPSA) is 82.0 Å². The van der Waals surface area contributed by atoms with Crippen molar-refractivity contribution < 1.29 is 0 Å². The zero-order valence-electron chi connectivity index (χ0n) is 17.6. The number of aromatic nitrogens is 4. The minimum Gasteiger partial charge on any atom is -0.341 e. The Kier molecular flexibility index (Phi) is 5.33. The van der Waals surface area contributed by atoms with Crippen LogP contribution in [0, 0.1) is 0 Å². The molecule has 1 aromatic carbocycles. The number of nitrogens with two attached hydrogens (primary N) is 1. The van der Waals surface area contributed by atoms with Crippen LogP contribution in [0.15, 0.2) is 52.6 Å². The Bertz CT molecular complexity index is 1240. The van der Waals surface area contributed by atoms with Crippen molar-refractivity contribution in [1.82, 2.24) is 19.1 Å². The summed E-state index contributed by atoms with van der Waals surface area (Å²) in [7, 11) is 1.80. The van der Waals surface area contributed by atoms with E-state index in [2.05, 4.69) is 23.1 Å². The second-order valence-electron chi connectivity index (χ2n) is 8.15. The first-order valence-corrected chi connectivity index (χ1v) is 11.5. The van der Waals surface area contributed by atoms with Gasteiger partial charge in [0.15, 0.2) is 11.2 Å². The van der Waals surface area contributed by atoms with E-state index < -0.39 is 0 Å². The van der Waals surface area contributed by atoms with Gasteiger partial charge in [-0.1, -0.05) is 36.4 Å². The fourth-order valence-electron chi connectivity index (χ4n) is 4.27. The van der Waals surface area contributed by atoms with Crippen LogP contribution in [0.2, 0.25) is 0 Å². The maximum Gasteiger partial charge on any atom is 0.279 e. The van der Waals surface area contributed by atoms with Crippen LogP contribution in [0.5, 0.6) is 0 Å². The number of hydrogen-bond acceptors (Lipinski definition) is 6. The van der Waals surface area contributed by atoms with Crippen LogP contribution < -0.4 is 16.2 Å². The minimum atomic E-state index is -0.0625. The third-order valence-electron chi connectivity index (χ3n) is 5.90. The van der Waals surface area contributed by atoms with Crippen molar-refractivity contribution in [1.29, 1.82) is 0 Å². The highest BCUT2D eigenvalue weighted by molar-refractivity contribution is 7.09. The van der Waals surface area contributed by atoms with Gasteiger partial charge in [0.1, 0.15) is 5.82 Å². The number of fused-ring (bicyclic) bond motifs is 1. The molecule has 1 aliphatic rings. The van der Waals surface area contributed by atoms with E-state index in [-0.39, 0.29) is 11.6 Å². The number of nitrogens with zero attached hydrogens (tertiary/aromatic N) is 5. The van der Waals surface area contributed by atoms with Crippen molar-refractivity contribution in [3.05, 3.63) is 74.5 Å². The molecule has 0 aliphatic carbocycles. The molecule has 0 bridgehead atoms. The summed E-state index contributed by atoms with van der Waals surface area (Å²) in [5, 5.41) is 2.04. The van der Waals surface area contributed by atoms with Gasteiger partial charge in [-0.25, -0.2) is 4.98 Å². The van der Waals surface area contributed by atoms with E-state index in [0.29, 0.717) is 24.1 Å². The number of piperidine rings is 1. The summed E-state index contributed by atoms with van der Waals surface area (Å²) >= 11 is 1.67. The molecule has 4 heterocycles. The molecule has 2 N–H and O–H groups in total. The Labute approximate surface area is 184 Å². The van der Waals surface area contributed by atoms with Crippen LogP contribution in [-0.4, -0.2) is 38.2 Å². The lowest BCUT2D eigenvalue weighted by atomic mass is 10.1. The summed E-state index contributed by atoms with van der Waals surface area (Å²) in [6.45, 7) is 2.19. The molecule has 8 heteroatoms. The van der Waals surface area contributed by atoms with E-state index >= 15 is 0 Å². The summed E-state index contributed by atoms with van der Waals surface area (Å²) < 4.78 is 3.68. The van der Waals surface area contributed by atoms with Gasteiger partial charge >= 0.3 is 0 Å². The van der Waals surface area contributed by atoms with Gasteiger partial charge in [0.2, 0.25) is 5.95 Å². The molecule has 1 atom stereocenters. The molecule has 1 aliphatic heterocycles. The average molecular weight is 435 g/mol. The van der Waals surface area contributed by atoms with Gasteiger partial charge in [-0.3, -0.25) is 13.9 Å². The summed E-state index contributed by atoms with van der Waals surface area (Å²) in [5.41, 5.74) is 8.38. The number of imidazole rings is 1. The first-order valence-electron chi connectivity index (χ1n) is 10.6. The molecule has 0 spiro atoms. The van der Waals surface area contributed by atoms with Gasteiger partial charge in [-0.15, -0.1) is 11.3 Å². The third kappa shape index (κ3) is 3.88. The standard InChI is InChI=1S/C23H26N6OS/c1-27-19(13-18-10-6-12-31-18)25-21-20(22(27)30)29(14-16-7-3-2-4-8-16)23(26-21)28-11-5-9-17(24)15-28/h2-4,6-8,10,12,17H,5,9,11,13-15,24H2,1H3. The Hall–Kier alpha value is -2.97. The molecule has 31 heavy (non-hydrogen) atoms. The summed E-state index contributed by atoms with van der Waals surface area (Å²) in [6, 6.07) is 14.4. The zero-order chi connectivity index (χ0) is 21.4. The van der Waals surface area contributed by atoms with E-state index in [1.807, 2.05) is 34.2 Å². The lowest BCUT2D eigenvalue weighted by Crippen LogP contribution is -2.44. The predicted molar refractivity (Wildman–Crippen MR) is 125 cm³/mol. The fraction of sp³-hybridized carbons (Fsp3) is 0.348. The molecule has 0 amide bonds. The first-order chi connectivity index (χ1) is 15.1. The van der Waals surface area contributed by atoms with E-state index in [9.17, 15) is 4.79 Å². The van der Waals surface area contributed by atoms with Crippen LogP contribution in [0.25, 0.3) is 11.2 Å². The maximum absolute atomic E-state index is 13.5. The van der Waals surface area contributed by atoms with Crippen molar-refractivity contribution in [2.45, 2.75) is 31.8 Å². The molecule has 160 valence electrons. The molecular formula is C23H26N6OS. The smallest absolute Gasteiger partial charge is 0.279 e. The Morgan fingerprint density at radius 1 is 1.16 bits per heavy atom. The van der Waals surface area contributed by atoms with Crippen molar-refractivity contribution in [2.24, 2.45) is 12.8 Å². The van der Waals surface area contributed by atoms with Crippen LogP contribution >= 0.6 is 11.3 Å². The molecule has 1 saturated heterocycles. The molecule has 0 saturated carbocycles. The Balaban J connectivity index is 1.65. The predicted octanol–water partition coefficient (Wildman–Crippen LogP) is 2.76. The summed E-state index contributed by atoms with van der Waals surface area (Å²) in [5.74, 6) is 1.51. The molecule has 3 aromatic heterocycles. The number of benzene rings is 1. The van der Waals surface area contributed by atoms with Crippen molar-refractivity contribution in [2.75, 3.05) is 18.0 Å². The molecule has 7 nitrogen and oxygen atoms in total. The lowest BCUT2D eigenvalue weighted by Gasteiger charge is -2.31. The Morgan fingerprint density at radius 3 is 2.74 bits per heavy atom. The Morgan fingerprint density at radius 2 is 2.00 bits per heavy atom. The molecule has 1 fully saturated rings. The third-order valence-corrected chi connectivity index (χ3v) is 6.77. The molecule has 5 rings (SSSR count). The van der Waals surface area contributed by atoms with Crippen LogP contribution in [0.4, 0.5) is 5.95 Å². The zero-order valence-corrected chi connectivity index (χ0v) is 18.4. The largest absolute Gasteiger partial charge is 0.341 e. The van der Waals surface area contributed by atoms with Gasteiger partial charge in [-0.2, -0.15) is 4.98 Å². The van der Waals surface area contributed by atoms with E-state index in [4.69, 9.17) is 15.7 Å². The highest BCUT2D eigenvalue weighted by Crippen LogP contribution is 2.25. The second kappa shape index (κ2) is 8.28. The van der Waals surface area contributed by atoms with Gasteiger partial charge < -0.3 is 10.6 Å². The minimum absolute atomic E-state index is 0.0625. The number of hydrogen-bond donors (Lipinski definition) is 1. The highest BCUT2D eigenvalue weighted by Gasteiger charge is 2.25. The number of anilines is 1. The van der Waals surface area contributed by atoms with Crippen LogP contribution in [0.1, 0.15) is 29.1 Å². The molecule has 1 unspecified atom stereocenters. The number of rotatable bonds is 5. The normalized spacial score (nSPS) is 16.8. The highest BCUT2D eigenvalue weighted by atomic mass is 32.1. The molecular weight excluding hydrogens is 408 g/mol. The van der Waals surface area contributed by atoms with E-state index in [1.165, 1.54) is 4.88 Å². The summed E-state index contributed by atoms with van der Waals surface area (Å²) in [6.07, 6.45) is 2.65. The van der Waals surface area contributed by atoms with Gasteiger partial charge in [0, 0.05) is 37.5 Å². The lowest BCUT2D eigenvalue weighted by molar-refractivity contribution is 0.495. The van der Waals surface area contributed by atoms with Crippen LogP contribution in [-0.2, 0) is 20.0 Å². The van der Waals surface area contributed by atoms with Gasteiger partial charge in [0.05, 0.1) is 6.54 Å². The first kappa shape index (κ1) is 20.0. The molecule has 0 radical (unpaired) electrons. The maximum atomic E-state index is 13.5. The van der Waals surface area contributed by atoms with Crippen molar-refractivity contribution in [3.8, 4) is 0 Å². The average Bonchev–Trinajstić information content (AvgIpc) is 3.41. The number of thiophene rings is 1. The van der Waals surface area contributed by atoms with Crippen molar-refractivity contribution in [3.63, 3.8) is 0 Å².